The van der Waals surface area contributed by atoms with Gasteiger partial charge in [0.15, 0.2) is 0 Å². The molecule has 0 bridgehead atoms. The standard InChI is InChI=1S/C13H19N3O4S/c1-9-3-4-10(7-11(9)14)21(18,19)16-5-6-20-8-12(16)13(17)15-2/h3-4,7,12H,5-6,8,14H2,1-2H3,(H,15,17). The predicted octanol–water partition coefficient (Wildman–Crippen LogP) is -0.287. The number of amides is 1. The zero-order valence-electron chi connectivity index (χ0n) is 12.0. The molecule has 1 aromatic rings. The number of nitrogens with zero attached hydrogens (tertiary/aromatic N) is 1. The molecule has 21 heavy (non-hydrogen) atoms. The van der Waals surface area contributed by atoms with E-state index >= 15 is 0 Å². The molecule has 1 fully saturated rings. The number of rotatable bonds is 3. The summed E-state index contributed by atoms with van der Waals surface area (Å²) in [5.74, 6) is -0.390. The second-order valence-electron chi connectivity index (χ2n) is 4.84. The van der Waals surface area contributed by atoms with Crippen molar-refractivity contribution in [1.82, 2.24) is 9.62 Å². The van der Waals surface area contributed by atoms with Gasteiger partial charge in [0.25, 0.3) is 0 Å². The number of hydrogen-bond donors (Lipinski definition) is 2. The molecule has 1 saturated heterocycles. The number of nitrogen functional groups attached to an aromatic ring is 1. The first-order valence-electron chi connectivity index (χ1n) is 6.55. The van der Waals surface area contributed by atoms with Gasteiger partial charge in [-0.1, -0.05) is 6.07 Å². The molecule has 0 aliphatic carbocycles. The van der Waals surface area contributed by atoms with Gasteiger partial charge in [-0.15, -0.1) is 0 Å². The summed E-state index contributed by atoms with van der Waals surface area (Å²) in [7, 11) is -2.33. The quantitative estimate of drug-likeness (QED) is 0.747. The van der Waals surface area contributed by atoms with Crippen LogP contribution in [-0.2, 0) is 19.6 Å². The maximum atomic E-state index is 12.7. The number of nitrogens with one attached hydrogen (secondary N) is 1. The minimum Gasteiger partial charge on any atom is -0.398 e. The molecule has 1 amide bonds. The third-order valence-electron chi connectivity index (χ3n) is 3.49. The molecule has 116 valence electrons. The molecule has 1 aliphatic heterocycles. The SMILES string of the molecule is CNC(=O)C1COCCN1S(=O)(=O)c1ccc(C)c(N)c1. The van der Waals surface area contributed by atoms with Crippen molar-refractivity contribution in [2.45, 2.75) is 17.9 Å². The number of morpholine rings is 1. The lowest BCUT2D eigenvalue weighted by Gasteiger charge is -2.33. The predicted molar refractivity (Wildman–Crippen MR) is 78.2 cm³/mol. The highest BCUT2D eigenvalue weighted by Gasteiger charge is 2.38. The molecule has 1 unspecified atom stereocenters. The van der Waals surface area contributed by atoms with Crippen molar-refractivity contribution in [3.05, 3.63) is 23.8 Å². The Bertz CT molecular complexity index is 645. The van der Waals surface area contributed by atoms with E-state index in [4.69, 9.17) is 10.5 Å². The Hall–Kier alpha value is -1.64. The van der Waals surface area contributed by atoms with Crippen molar-refractivity contribution >= 4 is 21.6 Å². The second kappa shape index (κ2) is 6.00. The number of nitrogens with two attached hydrogens (primary N) is 1. The number of hydrogen-bond acceptors (Lipinski definition) is 5. The van der Waals surface area contributed by atoms with E-state index in [9.17, 15) is 13.2 Å². The smallest absolute Gasteiger partial charge is 0.244 e. The Morgan fingerprint density at radius 2 is 2.19 bits per heavy atom. The van der Waals surface area contributed by atoms with E-state index in [1.807, 2.05) is 0 Å². The lowest BCUT2D eigenvalue weighted by Crippen LogP contribution is -2.55. The summed E-state index contributed by atoms with van der Waals surface area (Å²) in [4.78, 5) is 11.9. The van der Waals surface area contributed by atoms with Gasteiger partial charge in [0, 0.05) is 19.3 Å². The van der Waals surface area contributed by atoms with Crippen LogP contribution in [0.3, 0.4) is 0 Å². The highest BCUT2D eigenvalue weighted by molar-refractivity contribution is 7.89. The van der Waals surface area contributed by atoms with Crippen LogP contribution in [0.1, 0.15) is 5.56 Å². The number of sulfonamides is 1. The molecular formula is C13H19N3O4S. The Morgan fingerprint density at radius 1 is 1.48 bits per heavy atom. The van der Waals surface area contributed by atoms with E-state index in [1.165, 1.54) is 23.5 Å². The van der Waals surface area contributed by atoms with Gasteiger partial charge < -0.3 is 15.8 Å². The normalized spacial score (nSPS) is 20.2. The van der Waals surface area contributed by atoms with Crippen LogP contribution in [0.15, 0.2) is 23.1 Å². The summed E-state index contributed by atoms with van der Waals surface area (Å²) >= 11 is 0. The summed E-state index contributed by atoms with van der Waals surface area (Å²) in [6.07, 6.45) is 0. The largest absolute Gasteiger partial charge is 0.398 e. The fourth-order valence-electron chi connectivity index (χ4n) is 2.16. The van der Waals surface area contributed by atoms with E-state index in [0.717, 1.165) is 5.56 Å². The summed E-state index contributed by atoms with van der Waals surface area (Å²) in [5.41, 5.74) is 6.99. The van der Waals surface area contributed by atoms with E-state index < -0.39 is 22.0 Å². The Balaban J connectivity index is 2.40. The summed E-state index contributed by atoms with van der Waals surface area (Å²) in [6.45, 7) is 2.23. The molecule has 0 aromatic heterocycles. The average molecular weight is 313 g/mol. The number of likely N-dealkylation sites (N-methyl/N-ethyl adjacent to an activating group) is 1. The van der Waals surface area contributed by atoms with Crippen molar-refractivity contribution in [2.75, 3.05) is 32.5 Å². The first kappa shape index (κ1) is 15.7. The Morgan fingerprint density at radius 3 is 2.81 bits per heavy atom. The fourth-order valence-corrected chi connectivity index (χ4v) is 3.76. The summed E-state index contributed by atoms with van der Waals surface area (Å²) < 4.78 is 31.8. The van der Waals surface area contributed by atoms with Crippen LogP contribution in [0.25, 0.3) is 0 Å². The molecule has 1 aliphatic rings. The van der Waals surface area contributed by atoms with Crippen molar-refractivity contribution in [1.29, 1.82) is 0 Å². The highest BCUT2D eigenvalue weighted by Crippen LogP contribution is 2.24. The third kappa shape index (κ3) is 3.02. The van der Waals surface area contributed by atoms with Gasteiger partial charge in [0.1, 0.15) is 6.04 Å². The van der Waals surface area contributed by atoms with Crippen molar-refractivity contribution in [3.63, 3.8) is 0 Å². The number of carbonyl (C=O) groups excluding carboxylic acids is 1. The molecule has 8 heteroatoms. The molecule has 1 aromatic carbocycles. The van der Waals surface area contributed by atoms with Gasteiger partial charge in [-0.25, -0.2) is 8.42 Å². The van der Waals surface area contributed by atoms with Crippen molar-refractivity contribution < 1.29 is 17.9 Å². The second-order valence-corrected chi connectivity index (χ2v) is 6.73. The molecular weight excluding hydrogens is 294 g/mol. The van der Waals surface area contributed by atoms with Gasteiger partial charge in [0.05, 0.1) is 18.1 Å². The van der Waals surface area contributed by atoms with Gasteiger partial charge in [0.2, 0.25) is 15.9 Å². The summed E-state index contributed by atoms with van der Waals surface area (Å²) in [5, 5.41) is 2.46. The van der Waals surface area contributed by atoms with Gasteiger partial charge >= 0.3 is 0 Å². The van der Waals surface area contributed by atoms with Crippen LogP contribution >= 0.6 is 0 Å². The van der Waals surface area contributed by atoms with Crippen LogP contribution in [0.4, 0.5) is 5.69 Å². The first-order chi connectivity index (χ1) is 9.87. The molecule has 1 atom stereocenters. The minimum atomic E-state index is -3.79. The van der Waals surface area contributed by atoms with E-state index in [1.54, 1.807) is 13.0 Å². The number of aryl methyl sites for hydroxylation is 1. The maximum absolute atomic E-state index is 12.7. The van der Waals surface area contributed by atoms with Gasteiger partial charge in [-0.05, 0) is 24.6 Å². The van der Waals surface area contributed by atoms with Crippen LogP contribution in [0.2, 0.25) is 0 Å². The van der Waals surface area contributed by atoms with Crippen molar-refractivity contribution in [2.24, 2.45) is 0 Å². The number of anilines is 1. The molecule has 1 heterocycles. The highest BCUT2D eigenvalue weighted by atomic mass is 32.2. The molecule has 0 radical (unpaired) electrons. The Kier molecular flexibility index (Phi) is 4.50. The zero-order chi connectivity index (χ0) is 15.6. The molecule has 0 saturated carbocycles. The lowest BCUT2D eigenvalue weighted by molar-refractivity contribution is -0.128. The van der Waals surface area contributed by atoms with E-state index in [2.05, 4.69) is 5.32 Å². The van der Waals surface area contributed by atoms with Crippen LogP contribution in [0.5, 0.6) is 0 Å². The van der Waals surface area contributed by atoms with Gasteiger partial charge in [-0.3, -0.25) is 4.79 Å². The molecule has 0 spiro atoms. The fraction of sp³-hybridized carbons (Fsp3) is 0.462. The van der Waals surface area contributed by atoms with Crippen LogP contribution < -0.4 is 11.1 Å². The first-order valence-corrected chi connectivity index (χ1v) is 7.99. The summed E-state index contributed by atoms with van der Waals surface area (Å²) in [6, 6.07) is 3.70. The maximum Gasteiger partial charge on any atom is 0.244 e. The minimum absolute atomic E-state index is 0.0419. The lowest BCUT2D eigenvalue weighted by atomic mass is 10.2. The Labute approximate surface area is 124 Å². The van der Waals surface area contributed by atoms with Crippen molar-refractivity contribution in [3.8, 4) is 0 Å². The topological polar surface area (TPSA) is 102 Å². The third-order valence-corrected chi connectivity index (χ3v) is 5.39. The van der Waals surface area contributed by atoms with Gasteiger partial charge in [-0.2, -0.15) is 4.31 Å². The number of benzene rings is 1. The molecule has 3 N–H and O–H groups in total. The van der Waals surface area contributed by atoms with Crippen LogP contribution in [-0.4, -0.2) is 51.5 Å². The molecule has 2 rings (SSSR count). The number of ether oxygens (including phenoxy) is 1. The number of carbonyl (C=O) groups is 1. The average Bonchev–Trinajstić information content (AvgIpc) is 2.49. The monoisotopic (exact) mass is 313 g/mol. The zero-order valence-corrected chi connectivity index (χ0v) is 12.8. The molecule has 7 nitrogen and oxygen atoms in total. The van der Waals surface area contributed by atoms with E-state index in [0.29, 0.717) is 5.69 Å². The van der Waals surface area contributed by atoms with E-state index in [-0.39, 0.29) is 24.7 Å². The van der Waals surface area contributed by atoms with Crippen LogP contribution in [0, 0.1) is 6.92 Å².